The maximum atomic E-state index is 14.6. The number of imide groups is 1. The predicted octanol–water partition coefficient (Wildman–Crippen LogP) is 2.54. The Morgan fingerprint density at radius 3 is 2.32 bits per heavy atom. The molecule has 0 spiro atoms. The van der Waals surface area contributed by atoms with E-state index in [9.17, 15) is 18.8 Å². The molecule has 2 fully saturated rings. The van der Waals surface area contributed by atoms with Crippen LogP contribution in [0.3, 0.4) is 0 Å². The Labute approximate surface area is 180 Å². The highest BCUT2D eigenvalue weighted by Crippen LogP contribution is 2.46. The average molecular weight is 419 g/mol. The van der Waals surface area contributed by atoms with Gasteiger partial charge in [-0.25, -0.2) is 9.29 Å². The lowest BCUT2D eigenvalue weighted by atomic mass is 9.79. The fourth-order valence-electron chi connectivity index (χ4n) is 5.39. The van der Waals surface area contributed by atoms with Crippen LogP contribution in [0.1, 0.15) is 37.9 Å². The molecule has 6 heteroatoms. The molecule has 2 saturated heterocycles. The van der Waals surface area contributed by atoms with E-state index in [0.717, 1.165) is 20.9 Å². The number of rotatable bonds is 2. The summed E-state index contributed by atoms with van der Waals surface area (Å²) >= 11 is 0. The summed E-state index contributed by atoms with van der Waals surface area (Å²) in [6.45, 7) is 5.48. The zero-order chi connectivity index (χ0) is 22.1. The van der Waals surface area contributed by atoms with Crippen LogP contribution in [0.25, 0.3) is 6.08 Å². The highest BCUT2D eigenvalue weighted by molar-refractivity contribution is 6.23. The number of nitrogens with one attached hydrogen (secondary N) is 1. The summed E-state index contributed by atoms with van der Waals surface area (Å²) < 4.78 is 14.6. The van der Waals surface area contributed by atoms with E-state index in [1.165, 1.54) is 18.2 Å². The van der Waals surface area contributed by atoms with Crippen LogP contribution in [0.4, 0.5) is 10.1 Å². The van der Waals surface area contributed by atoms with Crippen molar-refractivity contribution in [1.82, 2.24) is 0 Å². The number of halogens is 1. The topological polar surface area (TPSA) is 58.9 Å². The Balaban J connectivity index is 1.69. The second kappa shape index (κ2) is 6.69. The lowest BCUT2D eigenvalue weighted by molar-refractivity contribution is -0.885. The van der Waals surface area contributed by atoms with Crippen molar-refractivity contribution in [2.45, 2.75) is 32.9 Å². The van der Waals surface area contributed by atoms with Crippen LogP contribution in [0.15, 0.2) is 54.7 Å². The summed E-state index contributed by atoms with van der Waals surface area (Å²) in [4.78, 5) is 42.5. The molecule has 5 nitrogen and oxygen atoms in total. The monoisotopic (exact) mass is 419 g/mol. The molecule has 0 aliphatic carbocycles. The van der Waals surface area contributed by atoms with Crippen molar-refractivity contribution in [2.75, 3.05) is 4.90 Å². The molecule has 0 saturated carbocycles. The molecule has 31 heavy (non-hydrogen) atoms. The molecule has 1 N–H and O–H groups in total. The summed E-state index contributed by atoms with van der Waals surface area (Å²) in [6.07, 6.45) is 3.86. The molecule has 158 valence electrons. The van der Waals surface area contributed by atoms with Crippen molar-refractivity contribution in [2.24, 2.45) is 17.3 Å². The second-order valence-electron chi connectivity index (χ2n) is 9.55. The maximum Gasteiger partial charge on any atom is 0.244 e. The van der Waals surface area contributed by atoms with Crippen LogP contribution in [0.2, 0.25) is 0 Å². The van der Waals surface area contributed by atoms with E-state index < -0.39 is 40.9 Å². The van der Waals surface area contributed by atoms with Gasteiger partial charge in [-0.1, -0.05) is 57.2 Å². The van der Waals surface area contributed by atoms with E-state index in [0.29, 0.717) is 0 Å². The number of fused-ring (bicyclic) bond motifs is 5. The molecule has 2 amide bonds. The molecule has 2 aromatic carbocycles. The number of carbonyl (C=O) groups excluding carboxylic acids is 3. The normalized spacial score (nSPS) is 29.0. The quantitative estimate of drug-likeness (QED) is 0.762. The molecule has 3 aliphatic heterocycles. The van der Waals surface area contributed by atoms with Gasteiger partial charge in [0.2, 0.25) is 11.8 Å². The predicted molar refractivity (Wildman–Crippen MR) is 113 cm³/mol. The first-order valence-electron chi connectivity index (χ1n) is 10.5. The third kappa shape index (κ3) is 2.74. The first-order chi connectivity index (χ1) is 14.7. The van der Waals surface area contributed by atoms with E-state index in [1.54, 1.807) is 6.07 Å². The molecule has 3 aliphatic rings. The number of carbonyl (C=O) groups is 3. The highest BCUT2D eigenvalue weighted by atomic mass is 19.1. The standard InChI is InChI=1S/C25H23FN2O3/c1-25(2,3)22(29)21-19-18(20-15-9-5-4-8-14(15)12-13-27(20)21)23(30)28(24(19)31)17-11-7-6-10-16(17)26/h4-13,18-21H,1-3H3/p+1/t18-,19+,20+,21-/m0/s1. The highest BCUT2D eigenvalue weighted by Gasteiger charge is 2.68. The number of benzene rings is 2. The largest absolute Gasteiger partial charge is 0.292 e. The van der Waals surface area contributed by atoms with Crippen molar-refractivity contribution in [3.05, 3.63) is 71.7 Å². The van der Waals surface area contributed by atoms with Crippen LogP contribution in [0, 0.1) is 23.1 Å². The third-order valence-electron chi connectivity index (χ3n) is 6.74. The van der Waals surface area contributed by atoms with E-state index in [1.807, 2.05) is 57.3 Å². The molecule has 1 unspecified atom stereocenters. The summed E-state index contributed by atoms with van der Waals surface area (Å²) in [5.74, 6) is -3.16. The number of quaternary nitrogens is 1. The molecule has 2 aromatic rings. The van der Waals surface area contributed by atoms with Crippen LogP contribution < -0.4 is 9.80 Å². The van der Waals surface area contributed by atoms with Crippen LogP contribution in [0.5, 0.6) is 0 Å². The zero-order valence-corrected chi connectivity index (χ0v) is 17.6. The van der Waals surface area contributed by atoms with Gasteiger partial charge in [-0.15, -0.1) is 0 Å². The van der Waals surface area contributed by atoms with E-state index in [-0.39, 0.29) is 17.5 Å². The number of ketones is 1. The lowest BCUT2D eigenvalue weighted by Gasteiger charge is -2.32. The van der Waals surface area contributed by atoms with Gasteiger partial charge in [-0.05, 0) is 23.8 Å². The van der Waals surface area contributed by atoms with Gasteiger partial charge in [-0.2, -0.15) is 0 Å². The minimum Gasteiger partial charge on any atom is -0.292 e. The molecule has 5 atom stereocenters. The Hall–Kier alpha value is -3.12. The van der Waals surface area contributed by atoms with Gasteiger partial charge in [0.1, 0.15) is 23.7 Å². The fourth-order valence-corrected chi connectivity index (χ4v) is 5.39. The molecule has 0 aromatic heterocycles. The number of para-hydroxylation sites is 1. The van der Waals surface area contributed by atoms with Crippen molar-refractivity contribution >= 4 is 29.4 Å². The summed E-state index contributed by atoms with van der Waals surface area (Å²) in [5, 5.41) is 0. The SMILES string of the molecule is CC(C)(C)C(=O)[C@@H]1[C@@H]2C(=O)N(c3ccccc3F)C(=O)[C@@H]2[C@H]2c3ccccc3C=C[NH+]12. The van der Waals surface area contributed by atoms with Gasteiger partial charge in [0.05, 0.1) is 11.9 Å². The Morgan fingerprint density at radius 2 is 1.61 bits per heavy atom. The first kappa shape index (κ1) is 19.8. The molecular weight excluding hydrogens is 395 g/mol. The molecule has 5 rings (SSSR count). The van der Waals surface area contributed by atoms with Crippen molar-refractivity contribution in [1.29, 1.82) is 0 Å². The molecule has 0 bridgehead atoms. The van der Waals surface area contributed by atoms with Crippen molar-refractivity contribution in [3.8, 4) is 0 Å². The third-order valence-corrected chi connectivity index (χ3v) is 6.74. The van der Waals surface area contributed by atoms with Gasteiger partial charge in [-0.3, -0.25) is 19.3 Å². The van der Waals surface area contributed by atoms with Crippen LogP contribution in [-0.4, -0.2) is 23.6 Å². The molecule has 0 radical (unpaired) electrons. The number of nitrogens with zero attached hydrogens (tertiary/aromatic N) is 1. The van der Waals surface area contributed by atoms with E-state index >= 15 is 0 Å². The smallest absolute Gasteiger partial charge is 0.244 e. The number of Topliss-reactive ketones (excluding diaryl/α,β-unsaturated/α-hetero) is 1. The zero-order valence-electron chi connectivity index (χ0n) is 17.6. The Bertz CT molecular complexity index is 1150. The average Bonchev–Trinajstić information content (AvgIpc) is 3.20. The first-order valence-corrected chi connectivity index (χ1v) is 10.5. The van der Waals surface area contributed by atoms with Gasteiger partial charge in [0.15, 0.2) is 11.8 Å². The maximum absolute atomic E-state index is 14.6. The molecule has 3 heterocycles. The Morgan fingerprint density at radius 1 is 0.968 bits per heavy atom. The van der Waals surface area contributed by atoms with Gasteiger partial charge < -0.3 is 0 Å². The second-order valence-corrected chi connectivity index (χ2v) is 9.55. The molecular formula is C25H24FN2O3+. The van der Waals surface area contributed by atoms with E-state index in [2.05, 4.69) is 0 Å². The van der Waals surface area contributed by atoms with Crippen molar-refractivity contribution in [3.63, 3.8) is 0 Å². The number of amides is 2. The summed E-state index contributed by atoms with van der Waals surface area (Å²) in [5.41, 5.74) is 1.19. The Kier molecular flexibility index (Phi) is 4.28. The van der Waals surface area contributed by atoms with Crippen LogP contribution in [-0.2, 0) is 14.4 Å². The number of hydrogen-bond donors (Lipinski definition) is 1. The minimum atomic E-state index is -0.824. The minimum absolute atomic E-state index is 0.0463. The van der Waals surface area contributed by atoms with Crippen molar-refractivity contribution < 1.29 is 23.7 Å². The van der Waals surface area contributed by atoms with E-state index in [4.69, 9.17) is 0 Å². The summed E-state index contributed by atoms with van der Waals surface area (Å²) in [7, 11) is 0. The van der Waals surface area contributed by atoms with Gasteiger partial charge in [0.25, 0.3) is 0 Å². The van der Waals surface area contributed by atoms with Gasteiger partial charge >= 0.3 is 0 Å². The van der Waals surface area contributed by atoms with Crippen LogP contribution >= 0.6 is 0 Å². The summed E-state index contributed by atoms with van der Waals surface area (Å²) in [6, 6.07) is 12.5. The van der Waals surface area contributed by atoms with Gasteiger partial charge in [0, 0.05) is 11.0 Å². The number of hydrogen-bond acceptors (Lipinski definition) is 3. The fraction of sp³-hybridized carbons (Fsp3) is 0.320. The number of anilines is 1. The lowest BCUT2D eigenvalue weighted by Crippen LogP contribution is -3.12.